The van der Waals surface area contributed by atoms with Crippen molar-refractivity contribution in [2.24, 2.45) is 0 Å². The Morgan fingerprint density at radius 1 is 1.10 bits per heavy atom. The number of nitrogens with zero attached hydrogens (tertiary/aromatic N) is 8. The fourth-order valence-electron chi connectivity index (χ4n) is 5.38. The van der Waals surface area contributed by atoms with Crippen molar-refractivity contribution in [1.29, 1.82) is 5.26 Å². The van der Waals surface area contributed by atoms with Gasteiger partial charge >= 0.3 is 0 Å². The zero-order valence-corrected chi connectivity index (χ0v) is 22.6. The lowest BCUT2D eigenvalue weighted by molar-refractivity contribution is 0.0147. The van der Waals surface area contributed by atoms with Crippen LogP contribution in [0.25, 0.3) is 16.8 Å². The highest BCUT2D eigenvalue weighted by molar-refractivity contribution is 5.83. The van der Waals surface area contributed by atoms with Gasteiger partial charge in [-0.15, -0.1) is 0 Å². The third-order valence-electron chi connectivity index (χ3n) is 7.75. The molecule has 0 aliphatic carbocycles. The molecule has 11 nitrogen and oxygen atoms in total. The smallest absolute Gasteiger partial charge is 0.147 e. The van der Waals surface area contributed by atoms with Gasteiger partial charge in [0.1, 0.15) is 30.1 Å². The average Bonchev–Trinajstić information content (AvgIpc) is 3.42. The van der Waals surface area contributed by atoms with Gasteiger partial charge in [-0.1, -0.05) is 0 Å². The molecule has 12 heteroatoms. The van der Waals surface area contributed by atoms with E-state index in [0.717, 1.165) is 32.8 Å². The Kier molecular flexibility index (Phi) is 7.74. The lowest BCUT2D eigenvalue weighted by atomic mass is 9.86. The highest BCUT2D eigenvalue weighted by Gasteiger charge is 2.34. The number of pyridine rings is 2. The summed E-state index contributed by atoms with van der Waals surface area (Å²) < 4.78 is 27.2. The van der Waals surface area contributed by atoms with Crippen LogP contribution < -0.4 is 9.64 Å². The van der Waals surface area contributed by atoms with Crippen LogP contribution in [-0.4, -0.2) is 92.7 Å². The summed E-state index contributed by atoms with van der Waals surface area (Å²) in [4.78, 5) is 17.8. The van der Waals surface area contributed by atoms with Gasteiger partial charge in [0, 0.05) is 50.9 Å². The molecule has 2 aliphatic rings. The fraction of sp³-hybridized carbons (Fsp3) is 0.414. The van der Waals surface area contributed by atoms with Crippen molar-refractivity contribution in [2.45, 2.75) is 24.9 Å². The maximum absolute atomic E-state index is 14.1. The topological polar surface area (TPSA) is 125 Å². The Labute approximate surface area is 236 Å². The molecule has 2 fully saturated rings. The molecular weight excluding hydrogens is 527 g/mol. The first-order valence-electron chi connectivity index (χ1n) is 13.7. The predicted octanol–water partition coefficient (Wildman–Crippen LogP) is 2.48. The molecule has 4 aromatic rings. The molecule has 2 aliphatic heterocycles. The number of morpholine rings is 1. The highest BCUT2D eigenvalue weighted by atomic mass is 19.1. The zero-order valence-electron chi connectivity index (χ0n) is 22.6. The number of aromatic nitrogens is 5. The van der Waals surface area contributed by atoms with E-state index in [-0.39, 0.29) is 12.1 Å². The van der Waals surface area contributed by atoms with Crippen LogP contribution in [0.1, 0.15) is 24.1 Å². The van der Waals surface area contributed by atoms with Crippen LogP contribution in [0, 0.1) is 17.1 Å². The summed E-state index contributed by atoms with van der Waals surface area (Å²) in [5.41, 5.74) is 1.62. The van der Waals surface area contributed by atoms with Gasteiger partial charge in [-0.05, 0) is 31.0 Å². The SMILES string of the molecule is N#Cc1cnn2cc(OCCN3CCOCC3)cc(-c3cnc(N4CCC(O)(Cc5ncccc5F)CC4)cn3)c12. The first kappa shape index (κ1) is 27.0. The first-order chi connectivity index (χ1) is 20.0. The van der Waals surface area contributed by atoms with Gasteiger partial charge in [-0.3, -0.25) is 14.9 Å². The monoisotopic (exact) mass is 558 g/mol. The Morgan fingerprint density at radius 2 is 1.93 bits per heavy atom. The van der Waals surface area contributed by atoms with Crippen LogP contribution >= 0.6 is 0 Å². The van der Waals surface area contributed by atoms with E-state index in [1.54, 1.807) is 35.4 Å². The Bertz CT molecular complexity index is 1540. The van der Waals surface area contributed by atoms with Crippen LogP contribution in [0.4, 0.5) is 10.2 Å². The second-order valence-corrected chi connectivity index (χ2v) is 10.4. The number of rotatable bonds is 8. The van der Waals surface area contributed by atoms with Crippen molar-refractivity contribution in [3.8, 4) is 23.1 Å². The lowest BCUT2D eigenvalue weighted by Gasteiger charge is -2.38. The molecule has 212 valence electrons. The van der Waals surface area contributed by atoms with Gasteiger partial charge in [0.2, 0.25) is 0 Å². The number of anilines is 1. The van der Waals surface area contributed by atoms with Gasteiger partial charge in [0.25, 0.3) is 0 Å². The largest absolute Gasteiger partial charge is 0.491 e. The second kappa shape index (κ2) is 11.7. The number of hydrogen-bond donors (Lipinski definition) is 1. The van der Waals surface area contributed by atoms with E-state index in [2.05, 4.69) is 35.9 Å². The average molecular weight is 559 g/mol. The van der Waals surface area contributed by atoms with Crippen molar-refractivity contribution in [3.05, 3.63) is 66.3 Å². The van der Waals surface area contributed by atoms with Crippen LogP contribution in [0.2, 0.25) is 0 Å². The van der Waals surface area contributed by atoms with E-state index in [1.807, 2.05) is 6.07 Å². The minimum absolute atomic E-state index is 0.172. The number of fused-ring (bicyclic) bond motifs is 1. The summed E-state index contributed by atoms with van der Waals surface area (Å²) in [7, 11) is 0. The molecule has 2 saturated heterocycles. The van der Waals surface area contributed by atoms with E-state index in [9.17, 15) is 14.8 Å². The molecule has 6 rings (SSSR count). The van der Waals surface area contributed by atoms with E-state index in [1.165, 1.54) is 12.3 Å². The quantitative estimate of drug-likeness (QED) is 0.345. The predicted molar refractivity (Wildman–Crippen MR) is 148 cm³/mol. The standard InChI is InChI=1S/C29H31FN8O3/c30-24-2-1-5-32-25(24)15-29(39)3-6-37(7-4-29)27-19-33-26(18-34-27)23-14-22(20-38-28(23)21(16-31)17-35-38)41-13-10-36-8-11-40-12-9-36/h1-2,5,14,17-20,39H,3-4,6-13,15H2. The summed E-state index contributed by atoms with van der Waals surface area (Å²) in [6.07, 6.45) is 9.31. The third kappa shape index (κ3) is 5.97. The zero-order chi connectivity index (χ0) is 28.2. The van der Waals surface area contributed by atoms with E-state index >= 15 is 0 Å². The molecule has 6 heterocycles. The minimum Gasteiger partial charge on any atom is -0.491 e. The summed E-state index contributed by atoms with van der Waals surface area (Å²) in [6, 6.07) is 6.99. The van der Waals surface area contributed by atoms with Crippen molar-refractivity contribution < 1.29 is 19.0 Å². The minimum atomic E-state index is -1.03. The number of hydrogen-bond acceptors (Lipinski definition) is 10. The van der Waals surface area contributed by atoms with Gasteiger partial charge in [-0.25, -0.2) is 13.9 Å². The van der Waals surface area contributed by atoms with Gasteiger partial charge in [-0.2, -0.15) is 10.4 Å². The molecule has 0 saturated carbocycles. The molecule has 0 bridgehead atoms. The van der Waals surface area contributed by atoms with Gasteiger partial charge in [0.05, 0.1) is 66.1 Å². The van der Waals surface area contributed by atoms with Crippen LogP contribution in [0.5, 0.6) is 5.75 Å². The molecule has 41 heavy (non-hydrogen) atoms. The Hall–Kier alpha value is -4.18. The van der Waals surface area contributed by atoms with Crippen molar-refractivity contribution in [2.75, 3.05) is 57.4 Å². The first-order valence-corrected chi connectivity index (χ1v) is 13.7. The van der Waals surface area contributed by atoms with Crippen LogP contribution in [0.15, 0.2) is 49.2 Å². The molecule has 0 amide bonds. The molecule has 1 N–H and O–H groups in total. The van der Waals surface area contributed by atoms with E-state index < -0.39 is 11.4 Å². The molecule has 0 aromatic carbocycles. The second-order valence-electron chi connectivity index (χ2n) is 10.4. The number of nitriles is 1. The van der Waals surface area contributed by atoms with Crippen molar-refractivity contribution in [3.63, 3.8) is 0 Å². The summed E-state index contributed by atoms with van der Waals surface area (Å²) >= 11 is 0. The summed E-state index contributed by atoms with van der Waals surface area (Å²) in [5.74, 6) is 0.907. The van der Waals surface area contributed by atoms with E-state index in [0.29, 0.717) is 66.4 Å². The molecule has 0 spiro atoms. The third-order valence-corrected chi connectivity index (χ3v) is 7.75. The van der Waals surface area contributed by atoms with Gasteiger partial charge < -0.3 is 19.5 Å². The van der Waals surface area contributed by atoms with E-state index in [4.69, 9.17) is 9.47 Å². The van der Waals surface area contributed by atoms with Crippen LogP contribution in [0.3, 0.4) is 0 Å². The summed E-state index contributed by atoms with van der Waals surface area (Å²) in [5, 5.41) is 25.1. The van der Waals surface area contributed by atoms with Crippen molar-refractivity contribution >= 4 is 11.3 Å². The molecular formula is C29H31FN8O3. The van der Waals surface area contributed by atoms with Crippen molar-refractivity contribution in [1.82, 2.24) is 29.5 Å². The lowest BCUT2D eigenvalue weighted by Crippen LogP contribution is -2.46. The highest BCUT2D eigenvalue weighted by Crippen LogP contribution is 2.32. The number of ether oxygens (including phenoxy) is 2. The molecule has 4 aromatic heterocycles. The number of piperidine rings is 1. The van der Waals surface area contributed by atoms with Crippen LogP contribution in [-0.2, 0) is 11.2 Å². The maximum atomic E-state index is 14.1. The number of aliphatic hydroxyl groups is 1. The molecule has 0 unspecified atom stereocenters. The fourth-order valence-corrected chi connectivity index (χ4v) is 5.38. The number of halogens is 1. The normalized spacial score (nSPS) is 17.4. The van der Waals surface area contributed by atoms with Gasteiger partial charge in [0.15, 0.2) is 0 Å². The molecule has 0 atom stereocenters. The summed E-state index contributed by atoms with van der Waals surface area (Å²) in [6.45, 7) is 5.65. The Balaban J connectivity index is 1.16. The maximum Gasteiger partial charge on any atom is 0.147 e. The molecule has 0 radical (unpaired) electrons. The Morgan fingerprint density at radius 3 is 2.66 bits per heavy atom.